The lowest BCUT2D eigenvalue weighted by Crippen LogP contribution is -2.53. The molecule has 0 aliphatic heterocycles. The van der Waals surface area contributed by atoms with Gasteiger partial charge in [0.25, 0.3) is 10.0 Å². The van der Waals surface area contributed by atoms with Crippen LogP contribution in [0.3, 0.4) is 0 Å². The van der Waals surface area contributed by atoms with Gasteiger partial charge in [-0.3, -0.25) is 13.9 Å². The molecule has 0 fully saturated rings. The van der Waals surface area contributed by atoms with Crippen molar-refractivity contribution in [3.63, 3.8) is 0 Å². The van der Waals surface area contributed by atoms with E-state index in [0.717, 1.165) is 13.4 Å². The van der Waals surface area contributed by atoms with Crippen LogP contribution in [0.1, 0.15) is 11.1 Å². The highest BCUT2D eigenvalue weighted by molar-refractivity contribution is 14.1. The minimum Gasteiger partial charge on any atom is -0.357 e. The number of sulfonamides is 1. The zero-order valence-electron chi connectivity index (χ0n) is 22.3. The van der Waals surface area contributed by atoms with E-state index in [1.54, 1.807) is 48.5 Å². The number of nitrogens with one attached hydrogen (secondary N) is 1. The molecule has 4 aromatic rings. The third-order valence-corrected chi connectivity index (χ3v) is 9.05. The van der Waals surface area contributed by atoms with Crippen LogP contribution in [0, 0.1) is 9.39 Å². The average Bonchev–Trinajstić information content (AvgIpc) is 2.99. The molecule has 0 saturated heterocycles. The van der Waals surface area contributed by atoms with Crippen LogP contribution in [0.4, 0.5) is 10.1 Å². The molecule has 2 amide bonds. The van der Waals surface area contributed by atoms with E-state index >= 15 is 0 Å². The van der Waals surface area contributed by atoms with E-state index < -0.39 is 40.2 Å². The minimum atomic E-state index is -4.18. The third-order valence-electron chi connectivity index (χ3n) is 6.54. The lowest BCUT2D eigenvalue weighted by atomic mass is 10.0. The zero-order chi connectivity index (χ0) is 29.4. The fraction of sp³-hybridized carbons (Fsp3) is 0.161. The Kier molecular flexibility index (Phi) is 10.1. The van der Waals surface area contributed by atoms with Crippen LogP contribution in [0.15, 0.2) is 114 Å². The number of carbonyl (C=O) groups excluding carboxylic acids is 2. The van der Waals surface area contributed by atoms with Crippen molar-refractivity contribution in [3.8, 4) is 0 Å². The van der Waals surface area contributed by atoms with E-state index in [9.17, 15) is 22.4 Å². The molecule has 0 aliphatic rings. The molecule has 4 rings (SSSR count). The number of likely N-dealkylation sites (N-methyl/N-ethyl adjacent to an activating group) is 1. The fourth-order valence-electron chi connectivity index (χ4n) is 4.39. The normalized spacial score (nSPS) is 11.9. The number of hydrogen-bond acceptors (Lipinski definition) is 4. The Morgan fingerprint density at radius 3 is 2.05 bits per heavy atom. The summed E-state index contributed by atoms with van der Waals surface area (Å²) in [5.74, 6) is -1.65. The molecule has 7 nitrogen and oxygen atoms in total. The second kappa shape index (κ2) is 13.7. The molecular formula is C31H29FIN3O4S. The predicted octanol–water partition coefficient (Wildman–Crippen LogP) is 5.01. The largest absolute Gasteiger partial charge is 0.357 e. The van der Waals surface area contributed by atoms with Gasteiger partial charge in [-0.15, -0.1) is 0 Å². The van der Waals surface area contributed by atoms with Crippen molar-refractivity contribution in [2.75, 3.05) is 17.9 Å². The molecule has 4 aromatic carbocycles. The van der Waals surface area contributed by atoms with E-state index in [2.05, 4.69) is 27.9 Å². The fourth-order valence-corrected chi connectivity index (χ4v) is 6.18. The first-order chi connectivity index (χ1) is 19.7. The molecule has 0 unspecified atom stereocenters. The van der Waals surface area contributed by atoms with Gasteiger partial charge in [0.05, 0.1) is 10.6 Å². The average molecular weight is 686 g/mol. The zero-order valence-corrected chi connectivity index (χ0v) is 25.3. The van der Waals surface area contributed by atoms with Crippen molar-refractivity contribution in [2.24, 2.45) is 0 Å². The predicted molar refractivity (Wildman–Crippen MR) is 165 cm³/mol. The van der Waals surface area contributed by atoms with Crippen LogP contribution in [-0.2, 0) is 32.6 Å². The van der Waals surface area contributed by atoms with Crippen LogP contribution >= 0.6 is 22.6 Å². The molecule has 0 heterocycles. The molecule has 1 atom stereocenters. The maximum atomic E-state index is 14.8. The summed E-state index contributed by atoms with van der Waals surface area (Å²) in [7, 11) is -2.72. The Balaban J connectivity index is 1.78. The molecule has 0 spiro atoms. The van der Waals surface area contributed by atoms with Gasteiger partial charge in [-0.25, -0.2) is 12.8 Å². The molecule has 1 N–H and O–H groups in total. The number of anilines is 1. The van der Waals surface area contributed by atoms with Crippen molar-refractivity contribution in [1.82, 2.24) is 10.2 Å². The highest BCUT2D eigenvalue weighted by Crippen LogP contribution is 2.26. The van der Waals surface area contributed by atoms with E-state index in [1.807, 2.05) is 30.3 Å². The highest BCUT2D eigenvalue weighted by Gasteiger charge is 2.34. The Bertz CT molecular complexity index is 1590. The van der Waals surface area contributed by atoms with Crippen molar-refractivity contribution in [2.45, 2.75) is 23.9 Å². The molecule has 0 bridgehead atoms. The van der Waals surface area contributed by atoms with E-state index in [-0.39, 0.29) is 29.1 Å². The Morgan fingerprint density at radius 1 is 0.854 bits per heavy atom. The number of benzene rings is 4. The molecule has 41 heavy (non-hydrogen) atoms. The summed E-state index contributed by atoms with van der Waals surface area (Å²) in [6.45, 7) is -0.836. The van der Waals surface area contributed by atoms with Gasteiger partial charge < -0.3 is 10.2 Å². The van der Waals surface area contributed by atoms with Crippen molar-refractivity contribution >= 4 is 50.1 Å². The summed E-state index contributed by atoms with van der Waals surface area (Å²) in [6.07, 6.45) is 0.148. The van der Waals surface area contributed by atoms with Crippen LogP contribution < -0.4 is 9.62 Å². The first kappa shape index (κ1) is 30.2. The first-order valence-corrected chi connectivity index (χ1v) is 15.3. The van der Waals surface area contributed by atoms with E-state index in [1.165, 1.54) is 42.3 Å². The van der Waals surface area contributed by atoms with E-state index in [4.69, 9.17) is 0 Å². The van der Waals surface area contributed by atoms with Gasteiger partial charge in [-0.1, -0.05) is 66.7 Å². The smallest absolute Gasteiger partial charge is 0.264 e. The summed E-state index contributed by atoms with van der Waals surface area (Å²) >= 11 is 2.11. The monoisotopic (exact) mass is 685 g/mol. The van der Waals surface area contributed by atoms with Crippen molar-refractivity contribution in [1.29, 1.82) is 0 Å². The number of rotatable bonds is 11. The van der Waals surface area contributed by atoms with Crippen molar-refractivity contribution in [3.05, 3.63) is 130 Å². The maximum Gasteiger partial charge on any atom is 0.264 e. The Hall–Kier alpha value is -3.77. The molecule has 10 heteroatoms. The van der Waals surface area contributed by atoms with Gasteiger partial charge in [-0.05, 0) is 70.6 Å². The SMILES string of the molecule is CNC(=O)[C@H](Cc1ccccc1)N(Cc1ccccc1F)C(=O)CN(c1ccc(I)cc1)S(=O)(=O)c1ccccc1. The molecule has 0 aromatic heterocycles. The van der Waals surface area contributed by atoms with Gasteiger partial charge in [-0.2, -0.15) is 0 Å². The lowest BCUT2D eigenvalue weighted by molar-refractivity contribution is -0.139. The summed E-state index contributed by atoms with van der Waals surface area (Å²) in [4.78, 5) is 28.6. The molecule has 0 radical (unpaired) electrons. The molecule has 0 saturated carbocycles. The van der Waals surface area contributed by atoms with E-state index in [0.29, 0.717) is 0 Å². The summed E-state index contributed by atoms with van der Waals surface area (Å²) in [5.41, 5.74) is 1.28. The second-order valence-corrected chi connectivity index (χ2v) is 12.3. The molecular weight excluding hydrogens is 656 g/mol. The van der Waals surface area contributed by atoms with Crippen LogP contribution in [0.2, 0.25) is 0 Å². The number of halogens is 2. The number of carbonyl (C=O) groups is 2. The van der Waals surface area contributed by atoms with Crippen LogP contribution in [0.25, 0.3) is 0 Å². The molecule has 212 valence electrons. The topological polar surface area (TPSA) is 86.8 Å². The van der Waals surface area contributed by atoms with Gasteiger partial charge in [0, 0.05) is 29.1 Å². The molecule has 0 aliphatic carbocycles. The third kappa shape index (κ3) is 7.50. The number of hydrogen-bond donors (Lipinski definition) is 1. The van der Waals surface area contributed by atoms with Gasteiger partial charge in [0.2, 0.25) is 11.8 Å². The lowest BCUT2D eigenvalue weighted by Gasteiger charge is -2.33. The first-order valence-electron chi connectivity index (χ1n) is 12.8. The van der Waals surface area contributed by atoms with Gasteiger partial charge in [0.15, 0.2) is 0 Å². The highest BCUT2D eigenvalue weighted by atomic mass is 127. The second-order valence-electron chi connectivity index (χ2n) is 9.23. The van der Waals surface area contributed by atoms with Gasteiger partial charge >= 0.3 is 0 Å². The quantitative estimate of drug-likeness (QED) is 0.225. The summed E-state index contributed by atoms with van der Waals surface area (Å²) in [5, 5.41) is 2.61. The standard InChI is InChI=1S/C31H29FIN3O4S/c1-34-31(38)29(20-23-10-4-2-5-11-23)35(21-24-12-8-9-15-28(24)32)30(37)22-36(26-18-16-25(33)17-19-26)41(39,40)27-13-6-3-7-14-27/h2-19,29H,20-22H2,1H3,(H,34,38)/t29-/m0/s1. The Labute approximate surface area is 253 Å². The van der Waals surface area contributed by atoms with Gasteiger partial charge in [0.1, 0.15) is 18.4 Å². The summed E-state index contributed by atoms with van der Waals surface area (Å²) in [6, 6.07) is 28.7. The van der Waals surface area contributed by atoms with Crippen molar-refractivity contribution < 1.29 is 22.4 Å². The number of amides is 2. The minimum absolute atomic E-state index is 0.0131. The summed E-state index contributed by atoms with van der Waals surface area (Å²) < 4.78 is 44.4. The van der Waals surface area contributed by atoms with Crippen LogP contribution in [-0.4, -0.2) is 44.8 Å². The Morgan fingerprint density at radius 2 is 1.44 bits per heavy atom. The maximum absolute atomic E-state index is 14.8. The van der Waals surface area contributed by atoms with Crippen LogP contribution in [0.5, 0.6) is 0 Å². The number of nitrogens with zero attached hydrogens (tertiary/aromatic N) is 2.